The minimum Gasteiger partial charge on any atom is -0.464 e. The Morgan fingerprint density at radius 2 is 2.25 bits per heavy atom. The number of amides is 1. The molecule has 0 spiro atoms. The molecule has 0 radical (unpaired) electrons. The molecule has 0 aromatic heterocycles. The molecule has 0 aromatic carbocycles. The zero-order valence-corrected chi connectivity index (χ0v) is 9.62. The third-order valence-electron chi connectivity index (χ3n) is 1.73. The van der Waals surface area contributed by atoms with Gasteiger partial charge < -0.3 is 14.8 Å². The van der Waals surface area contributed by atoms with Crippen molar-refractivity contribution in [2.45, 2.75) is 19.4 Å². The Hall–Kier alpha value is -1.58. The number of carbonyl (C=O) groups excluding carboxylic acids is 2. The van der Waals surface area contributed by atoms with Crippen LogP contribution < -0.4 is 5.32 Å². The smallest absolute Gasteiger partial charge is 0.328 e. The maximum Gasteiger partial charge on any atom is 0.328 e. The summed E-state index contributed by atoms with van der Waals surface area (Å²) in [5.74, 6) is -0.894. The number of ether oxygens (including phenoxy) is 2. The molecule has 1 N–H and O–H groups in total. The molecule has 90 valence electrons. The first-order chi connectivity index (χ1) is 7.65. The molecule has 1 atom stereocenters. The molecule has 0 aromatic rings. The molecule has 0 bridgehead atoms. The summed E-state index contributed by atoms with van der Waals surface area (Å²) in [6, 6.07) is -0.697. The molecular formula is C11H17NO4. The lowest BCUT2D eigenvalue weighted by molar-refractivity contribution is -0.147. The third kappa shape index (κ3) is 6.01. The molecule has 0 rings (SSSR count). The van der Waals surface area contributed by atoms with Crippen LogP contribution in [-0.2, 0) is 19.1 Å². The van der Waals surface area contributed by atoms with E-state index < -0.39 is 17.9 Å². The fourth-order valence-electron chi connectivity index (χ4n) is 1.03. The molecule has 5 heteroatoms. The highest BCUT2D eigenvalue weighted by atomic mass is 16.5. The average molecular weight is 227 g/mol. The lowest BCUT2D eigenvalue weighted by Crippen LogP contribution is -2.41. The van der Waals surface area contributed by atoms with Gasteiger partial charge in [-0.1, -0.05) is 6.58 Å². The van der Waals surface area contributed by atoms with E-state index in [0.717, 1.165) is 6.08 Å². The first-order valence-corrected chi connectivity index (χ1v) is 4.97. The van der Waals surface area contributed by atoms with Crippen LogP contribution in [0, 0.1) is 0 Å². The predicted octanol–water partition coefficient (Wildman–Crippen LogP) is 0.412. The molecule has 0 saturated carbocycles. The monoisotopic (exact) mass is 227 g/mol. The van der Waals surface area contributed by atoms with Gasteiger partial charge in [-0.25, -0.2) is 4.79 Å². The van der Waals surface area contributed by atoms with Crippen LogP contribution in [0.5, 0.6) is 0 Å². The number of nitrogens with one attached hydrogen (secondary N) is 1. The second-order valence-corrected chi connectivity index (χ2v) is 2.94. The fraction of sp³-hybridized carbons (Fsp3) is 0.545. The average Bonchev–Trinajstić information content (AvgIpc) is 2.24. The number of hydrogen-bond acceptors (Lipinski definition) is 4. The highest BCUT2D eigenvalue weighted by Gasteiger charge is 2.20. The lowest BCUT2D eigenvalue weighted by Gasteiger charge is -2.15. The van der Waals surface area contributed by atoms with Crippen molar-refractivity contribution in [1.82, 2.24) is 5.32 Å². The van der Waals surface area contributed by atoms with Crippen LogP contribution in [0.15, 0.2) is 18.4 Å². The second-order valence-electron chi connectivity index (χ2n) is 2.94. The van der Waals surface area contributed by atoms with E-state index in [4.69, 9.17) is 9.47 Å². The van der Waals surface area contributed by atoms with Gasteiger partial charge in [-0.05, 0) is 6.92 Å². The summed E-state index contributed by atoms with van der Waals surface area (Å²) >= 11 is 0. The van der Waals surface area contributed by atoms with Crippen molar-refractivity contribution in [2.75, 3.05) is 20.3 Å². The van der Waals surface area contributed by atoms with Crippen LogP contribution >= 0.6 is 0 Å². The van der Waals surface area contributed by atoms with Crippen molar-refractivity contribution in [3.05, 3.63) is 18.4 Å². The number of rotatable bonds is 7. The Bertz CT molecular complexity index is 282. The summed E-state index contributed by atoms with van der Waals surface area (Å²) in [5, 5.41) is 2.49. The van der Waals surface area contributed by atoms with E-state index in [0.29, 0.717) is 13.0 Å². The van der Waals surface area contributed by atoms with Crippen molar-refractivity contribution >= 4 is 11.9 Å². The molecule has 0 saturated heterocycles. The van der Waals surface area contributed by atoms with Gasteiger partial charge in [0.05, 0.1) is 6.61 Å². The number of esters is 1. The lowest BCUT2D eigenvalue weighted by atomic mass is 10.2. The molecule has 1 unspecified atom stereocenters. The second kappa shape index (κ2) is 8.71. The summed E-state index contributed by atoms with van der Waals surface area (Å²) in [6.45, 7) is 5.61. The Labute approximate surface area is 95.1 Å². The quantitative estimate of drug-likeness (QED) is 0.389. The van der Waals surface area contributed by atoms with Gasteiger partial charge in [-0.3, -0.25) is 4.79 Å². The van der Waals surface area contributed by atoms with Crippen LogP contribution in [-0.4, -0.2) is 38.2 Å². The maximum absolute atomic E-state index is 11.4. The normalized spacial score (nSPS) is 11.1. The minimum absolute atomic E-state index is 0.273. The van der Waals surface area contributed by atoms with E-state index in [2.05, 4.69) is 17.6 Å². The third-order valence-corrected chi connectivity index (χ3v) is 1.73. The van der Waals surface area contributed by atoms with Gasteiger partial charge in [0.25, 0.3) is 5.91 Å². The van der Waals surface area contributed by atoms with Crippen LogP contribution in [0.25, 0.3) is 0 Å². The molecule has 5 nitrogen and oxygen atoms in total. The molecule has 0 fully saturated rings. The fourth-order valence-corrected chi connectivity index (χ4v) is 1.03. The van der Waals surface area contributed by atoms with Gasteiger partial charge >= 0.3 is 5.97 Å². The largest absolute Gasteiger partial charge is 0.464 e. The minimum atomic E-state index is -0.697. The topological polar surface area (TPSA) is 64.6 Å². The van der Waals surface area contributed by atoms with Crippen molar-refractivity contribution in [3.63, 3.8) is 0 Å². The maximum atomic E-state index is 11.4. The summed E-state index contributed by atoms with van der Waals surface area (Å²) in [7, 11) is 1.52. The Morgan fingerprint density at radius 1 is 1.56 bits per heavy atom. The van der Waals surface area contributed by atoms with Gasteiger partial charge in [0.2, 0.25) is 0 Å². The zero-order chi connectivity index (χ0) is 12.4. The van der Waals surface area contributed by atoms with E-state index in [9.17, 15) is 9.59 Å². The Balaban J connectivity index is 4.34. The molecule has 16 heavy (non-hydrogen) atoms. The van der Waals surface area contributed by atoms with Gasteiger partial charge in [0.1, 0.15) is 6.04 Å². The summed E-state index contributed by atoms with van der Waals surface area (Å²) < 4.78 is 9.67. The molecule has 0 aliphatic heterocycles. The molecule has 0 aliphatic rings. The van der Waals surface area contributed by atoms with Crippen LogP contribution in [0.2, 0.25) is 0 Å². The Kier molecular flexibility index (Phi) is 7.85. The van der Waals surface area contributed by atoms with Gasteiger partial charge in [-0.2, -0.15) is 0 Å². The van der Waals surface area contributed by atoms with Gasteiger partial charge in [-0.15, -0.1) is 5.73 Å². The first kappa shape index (κ1) is 14.4. The summed E-state index contributed by atoms with van der Waals surface area (Å²) in [4.78, 5) is 22.7. The van der Waals surface area contributed by atoms with Gasteiger partial charge in [0, 0.05) is 26.2 Å². The van der Waals surface area contributed by atoms with E-state index in [1.54, 1.807) is 6.92 Å². The van der Waals surface area contributed by atoms with Gasteiger partial charge in [0.15, 0.2) is 0 Å². The summed E-state index contributed by atoms with van der Waals surface area (Å²) in [5.41, 5.74) is 2.33. The standard InChI is InChI=1S/C11H17NO4/c1-4-6-10(13)12-9(7-8-15-3)11(14)16-5-2/h6,9H,1,5,7-8H2,2-3H3,(H,12,13). The molecule has 0 heterocycles. The van der Waals surface area contributed by atoms with E-state index in [1.165, 1.54) is 7.11 Å². The van der Waals surface area contributed by atoms with Crippen LogP contribution in [0.3, 0.4) is 0 Å². The molecule has 1 amide bonds. The highest BCUT2D eigenvalue weighted by Crippen LogP contribution is 1.97. The highest BCUT2D eigenvalue weighted by molar-refractivity contribution is 5.91. The number of carbonyl (C=O) groups is 2. The van der Waals surface area contributed by atoms with E-state index >= 15 is 0 Å². The van der Waals surface area contributed by atoms with Crippen LogP contribution in [0.1, 0.15) is 13.3 Å². The van der Waals surface area contributed by atoms with Crippen LogP contribution in [0.4, 0.5) is 0 Å². The van der Waals surface area contributed by atoms with E-state index in [1.807, 2.05) is 0 Å². The predicted molar refractivity (Wildman–Crippen MR) is 58.8 cm³/mol. The van der Waals surface area contributed by atoms with Crippen molar-refractivity contribution in [2.24, 2.45) is 0 Å². The summed E-state index contributed by atoms with van der Waals surface area (Å²) in [6.07, 6.45) is 1.49. The SMILES string of the molecule is C=C=CC(=O)NC(CCOC)C(=O)OCC. The van der Waals surface area contributed by atoms with Crippen molar-refractivity contribution in [3.8, 4) is 0 Å². The Morgan fingerprint density at radius 3 is 2.75 bits per heavy atom. The zero-order valence-electron chi connectivity index (χ0n) is 9.62. The van der Waals surface area contributed by atoms with Crippen molar-refractivity contribution < 1.29 is 19.1 Å². The van der Waals surface area contributed by atoms with Crippen molar-refractivity contribution in [1.29, 1.82) is 0 Å². The number of hydrogen-bond donors (Lipinski definition) is 1. The first-order valence-electron chi connectivity index (χ1n) is 4.97. The van der Waals surface area contributed by atoms with E-state index in [-0.39, 0.29) is 6.61 Å². The molecular weight excluding hydrogens is 210 g/mol. The number of methoxy groups -OCH3 is 1. The molecule has 0 aliphatic carbocycles.